The summed E-state index contributed by atoms with van der Waals surface area (Å²) in [5.74, 6) is 0.0115. The molecule has 2 aromatic rings. The number of amides is 2. The third kappa shape index (κ3) is 3.60. The molecule has 1 heterocycles. The topological polar surface area (TPSA) is 70.2 Å². The van der Waals surface area contributed by atoms with Crippen LogP contribution in [0.3, 0.4) is 0 Å². The summed E-state index contributed by atoms with van der Waals surface area (Å²) in [6, 6.07) is 14.8. The lowest BCUT2D eigenvalue weighted by molar-refractivity contribution is -0.118. The van der Waals surface area contributed by atoms with Gasteiger partial charge in [-0.15, -0.1) is 0 Å². The molecule has 5 nitrogen and oxygen atoms in total. The van der Waals surface area contributed by atoms with E-state index in [9.17, 15) is 9.59 Å². The summed E-state index contributed by atoms with van der Waals surface area (Å²) in [5.41, 5.74) is 3.04. The third-order valence-corrected chi connectivity index (χ3v) is 5.97. The maximum Gasteiger partial charge on any atom is 0.256 e. The highest BCUT2D eigenvalue weighted by Crippen LogP contribution is 2.58. The highest BCUT2D eigenvalue weighted by atomic mass is 16.2. The van der Waals surface area contributed by atoms with Gasteiger partial charge in [0, 0.05) is 22.9 Å². The van der Waals surface area contributed by atoms with Gasteiger partial charge in [0.2, 0.25) is 5.91 Å². The number of hydrogen-bond acceptors (Lipinski definition) is 3. The summed E-state index contributed by atoms with van der Waals surface area (Å²) in [5, 5.41) is 9.33. The second-order valence-electron chi connectivity index (χ2n) is 7.66. The van der Waals surface area contributed by atoms with E-state index in [-0.39, 0.29) is 23.1 Å². The number of carbonyl (C=O) groups is 2. The van der Waals surface area contributed by atoms with Crippen molar-refractivity contribution in [2.24, 2.45) is 11.3 Å². The van der Waals surface area contributed by atoms with E-state index in [4.69, 9.17) is 0 Å². The minimum absolute atomic E-state index is 0.0839. The van der Waals surface area contributed by atoms with Crippen molar-refractivity contribution in [1.82, 2.24) is 5.32 Å². The van der Waals surface area contributed by atoms with Crippen LogP contribution in [0.15, 0.2) is 48.5 Å². The molecule has 0 bridgehead atoms. The highest BCUT2D eigenvalue weighted by molar-refractivity contribution is 6.07. The van der Waals surface area contributed by atoms with Crippen molar-refractivity contribution in [3.05, 3.63) is 59.7 Å². The van der Waals surface area contributed by atoms with Gasteiger partial charge in [-0.1, -0.05) is 24.3 Å². The minimum atomic E-state index is -0.170. The number of anilines is 2. The Morgan fingerprint density at radius 3 is 2.48 bits per heavy atom. The van der Waals surface area contributed by atoms with E-state index < -0.39 is 0 Å². The number of para-hydroxylation sites is 1. The first-order valence-corrected chi connectivity index (χ1v) is 9.57. The van der Waals surface area contributed by atoms with Gasteiger partial charge in [-0.25, -0.2) is 0 Å². The van der Waals surface area contributed by atoms with Crippen molar-refractivity contribution < 1.29 is 9.59 Å². The van der Waals surface area contributed by atoms with Crippen LogP contribution in [0.1, 0.15) is 35.2 Å². The van der Waals surface area contributed by atoms with Crippen LogP contribution in [0.4, 0.5) is 11.4 Å². The van der Waals surface area contributed by atoms with Crippen molar-refractivity contribution in [3.8, 4) is 0 Å². The molecule has 140 valence electrons. The maximum absolute atomic E-state index is 12.7. The Kier molecular flexibility index (Phi) is 4.70. The van der Waals surface area contributed by atoms with Gasteiger partial charge in [-0.05, 0) is 74.5 Å². The molecule has 5 heteroatoms. The molecule has 2 fully saturated rings. The van der Waals surface area contributed by atoms with E-state index in [1.165, 1.54) is 0 Å². The normalized spacial score (nSPS) is 20.1. The Bertz CT molecular complexity index is 857. The smallest absolute Gasteiger partial charge is 0.256 e. The van der Waals surface area contributed by atoms with Gasteiger partial charge in [-0.3, -0.25) is 9.59 Å². The van der Waals surface area contributed by atoms with Crippen LogP contribution >= 0.6 is 0 Å². The molecule has 1 atom stereocenters. The zero-order chi connectivity index (χ0) is 18.9. The number of piperidine rings is 1. The molecule has 4 rings (SSSR count). The number of carbonyl (C=O) groups excluding carboxylic acids is 2. The van der Waals surface area contributed by atoms with Gasteiger partial charge in [0.1, 0.15) is 0 Å². The van der Waals surface area contributed by atoms with E-state index in [0.717, 1.165) is 49.3 Å². The minimum Gasteiger partial charge on any atom is -0.326 e. The average molecular weight is 363 g/mol. The van der Waals surface area contributed by atoms with Gasteiger partial charge in [-0.2, -0.15) is 0 Å². The molecule has 2 aliphatic rings. The Balaban J connectivity index is 1.46. The number of hydrogen-bond donors (Lipinski definition) is 3. The van der Waals surface area contributed by atoms with Gasteiger partial charge in [0.15, 0.2) is 0 Å². The summed E-state index contributed by atoms with van der Waals surface area (Å²) >= 11 is 0. The molecule has 3 N–H and O–H groups in total. The molecule has 1 saturated carbocycles. The van der Waals surface area contributed by atoms with Gasteiger partial charge in [0.25, 0.3) is 5.91 Å². The molecule has 1 saturated heterocycles. The zero-order valence-corrected chi connectivity index (χ0v) is 15.5. The third-order valence-electron chi connectivity index (χ3n) is 5.97. The van der Waals surface area contributed by atoms with E-state index in [1.54, 1.807) is 6.07 Å². The van der Waals surface area contributed by atoms with Crippen LogP contribution in [-0.4, -0.2) is 24.9 Å². The van der Waals surface area contributed by atoms with E-state index in [2.05, 4.69) is 16.0 Å². The lowest BCUT2D eigenvalue weighted by Gasteiger charge is -2.23. The Morgan fingerprint density at radius 2 is 1.74 bits per heavy atom. The first kappa shape index (κ1) is 17.7. The molecule has 0 radical (unpaired) electrons. The van der Waals surface area contributed by atoms with Crippen LogP contribution in [0.5, 0.6) is 0 Å². The number of rotatable bonds is 4. The Labute approximate surface area is 159 Å². The predicted molar refractivity (Wildman–Crippen MR) is 107 cm³/mol. The lowest BCUT2D eigenvalue weighted by Crippen LogP contribution is -2.31. The quantitative estimate of drug-likeness (QED) is 0.778. The van der Waals surface area contributed by atoms with Crippen LogP contribution in [0.2, 0.25) is 0 Å². The molecule has 2 aromatic carbocycles. The van der Waals surface area contributed by atoms with Crippen LogP contribution in [-0.2, 0) is 4.79 Å². The SMILES string of the molecule is Cc1c(NC(=O)C2CC23CCNCC3)cccc1C(=O)Nc1ccccc1. The summed E-state index contributed by atoms with van der Waals surface area (Å²) < 4.78 is 0. The second-order valence-corrected chi connectivity index (χ2v) is 7.66. The Hall–Kier alpha value is -2.66. The molecule has 27 heavy (non-hydrogen) atoms. The molecule has 1 aliphatic heterocycles. The summed E-state index contributed by atoms with van der Waals surface area (Å²) in [7, 11) is 0. The lowest BCUT2D eigenvalue weighted by atomic mass is 9.91. The molecule has 1 spiro atoms. The first-order chi connectivity index (χ1) is 13.1. The zero-order valence-electron chi connectivity index (χ0n) is 15.5. The molecule has 0 aromatic heterocycles. The molecule has 2 amide bonds. The van der Waals surface area contributed by atoms with Crippen LogP contribution in [0, 0.1) is 18.3 Å². The fourth-order valence-electron chi connectivity index (χ4n) is 4.15. The van der Waals surface area contributed by atoms with Crippen LogP contribution in [0.25, 0.3) is 0 Å². The standard InChI is InChI=1S/C22H25N3O2/c1-15-17(20(26)24-16-6-3-2-4-7-16)8-5-9-19(15)25-21(27)18-14-22(18)10-12-23-13-11-22/h2-9,18,23H,10-14H2,1H3,(H,24,26)(H,25,27). The molecule has 1 aliphatic carbocycles. The molecular weight excluding hydrogens is 338 g/mol. The van der Waals surface area contributed by atoms with Crippen molar-refractivity contribution in [2.45, 2.75) is 26.2 Å². The monoisotopic (exact) mass is 363 g/mol. The fourth-order valence-corrected chi connectivity index (χ4v) is 4.15. The number of benzene rings is 2. The maximum atomic E-state index is 12.7. The van der Waals surface area contributed by atoms with Gasteiger partial charge in [0.05, 0.1) is 0 Å². The van der Waals surface area contributed by atoms with E-state index in [1.807, 2.05) is 49.4 Å². The van der Waals surface area contributed by atoms with E-state index >= 15 is 0 Å². The summed E-state index contributed by atoms with van der Waals surface area (Å²) in [6.07, 6.45) is 3.13. The van der Waals surface area contributed by atoms with Crippen molar-refractivity contribution in [2.75, 3.05) is 23.7 Å². The highest BCUT2D eigenvalue weighted by Gasteiger charge is 2.57. The fraction of sp³-hybridized carbons (Fsp3) is 0.364. The molecule has 1 unspecified atom stereocenters. The summed E-state index contributed by atoms with van der Waals surface area (Å²) in [4.78, 5) is 25.4. The van der Waals surface area contributed by atoms with Gasteiger partial charge < -0.3 is 16.0 Å². The average Bonchev–Trinajstić information content (AvgIpc) is 3.37. The molecular formula is C22H25N3O2. The van der Waals surface area contributed by atoms with Crippen LogP contribution < -0.4 is 16.0 Å². The van der Waals surface area contributed by atoms with Crippen molar-refractivity contribution in [1.29, 1.82) is 0 Å². The number of nitrogens with one attached hydrogen (secondary N) is 3. The Morgan fingerprint density at radius 1 is 1.00 bits per heavy atom. The largest absolute Gasteiger partial charge is 0.326 e. The second kappa shape index (κ2) is 7.16. The first-order valence-electron chi connectivity index (χ1n) is 9.57. The van der Waals surface area contributed by atoms with Gasteiger partial charge >= 0.3 is 0 Å². The van der Waals surface area contributed by atoms with Crippen molar-refractivity contribution in [3.63, 3.8) is 0 Å². The van der Waals surface area contributed by atoms with E-state index in [0.29, 0.717) is 5.56 Å². The van der Waals surface area contributed by atoms with Crippen molar-refractivity contribution >= 4 is 23.2 Å². The predicted octanol–water partition coefficient (Wildman–Crippen LogP) is 3.58. The summed E-state index contributed by atoms with van der Waals surface area (Å²) in [6.45, 7) is 3.87.